The van der Waals surface area contributed by atoms with E-state index in [-0.39, 0.29) is 12.2 Å². The molecule has 6 heteroatoms. The summed E-state index contributed by atoms with van der Waals surface area (Å²) in [6.45, 7) is 0.668. The number of amides is 1. The minimum absolute atomic E-state index is 0.313. The molecule has 1 fully saturated rings. The fraction of sp³-hybridized carbons (Fsp3) is 0.294. The van der Waals surface area contributed by atoms with Gasteiger partial charge in [-0.15, -0.1) is 0 Å². The van der Waals surface area contributed by atoms with E-state index >= 15 is 0 Å². The van der Waals surface area contributed by atoms with Crippen LogP contribution in [0.4, 0.5) is 0 Å². The second-order valence-electron chi connectivity index (χ2n) is 5.16. The van der Waals surface area contributed by atoms with Crippen LogP contribution in [-0.2, 0) is 9.57 Å². The summed E-state index contributed by atoms with van der Waals surface area (Å²) in [5.41, 5.74) is 2.91. The average molecular weight is 314 g/mol. The summed E-state index contributed by atoms with van der Waals surface area (Å²) in [6.07, 6.45) is 5.81. The van der Waals surface area contributed by atoms with E-state index in [2.05, 4.69) is 10.5 Å². The lowest BCUT2D eigenvalue weighted by Crippen LogP contribution is -2.33. The van der Waals surface area contributed by atoms with Crippen LogP contribution in [-0.4, -0.2) is 23.8 Å². The van der Waals surface area contributed by atoms with Crippen molar-refractivity contribution < 1.29 is 19.1 Å². The summed E-state index contributed by atoms with van der Waals surface area (Å²) in [6, 6.07) is 10.4. The molecule has 2 heterocycles. The highest BCUT2D eigenvalue weighted by atomic mass is 16.8. The first-order chi connectivity index (χ1) is 11.3. The summed E-state index contributed by atoms with van der Waals surface area (Å²) < 4.78 is 11.0. The van der Waals surface area contributed by atoms with Crippen molar-refractivity contribution >= 4 is 5.91 Å². The van der Waals surface area contributed by atoms with Crippen LogP contribution < -0.4 is 10.2 Å². The van der Waals surface area contributed by atoms with Crippen LogP contribution in [0.1, 0.15) is 29.6 Å². The molecule has 1 aromatic heterocycles. The molecular formula is C17H18N2O4. The Hall–Kier alpha value is -2.44. The molecule has 1 aliphatic rings. The number of aromatic nitrogens is 1. The van der Waals surface area contributed by atoms with Gasteiger partial charge in [-0.2, -0.15) is 0 Å². The van der Waals surface area contributed by atoms with Gasteiger partial charge >= 0.3 is 0 Å². The molecule has 1 aliphatic heterocycles. The zero-order valence-electron chi connectivity index (χ0n) is 12.6. The molecule has 0 saturated carbocycles. The summed E-state index contributed by atoms with van der Waals surface area (Å²) in [4.78, 5) is 21.3. The van der Waals surface area contributed by atoms with Crippen molar-refractivity contribution in [2.75, 3.05) is 6.61 Å². The van der Waals surface area contributed by atoms with Crippen molar-refractivity contribution in [1.29, 1.82) is 0 Å². The number of nitrogens with zero attached hydrogens (tertiary/aromatic N) is 1. The Morgan fingerprint density at radius 2 is 2.04 bits per heavy atom. The van der Waals surface area contributed by atoms with Crippen LogP contribution in [0, 0.1) is 0 Å². The predicted octanol–water partition coefficient (Wildman–Crippen LogP) is 3.06. The van der Waals surface area contributed by atoms with E-state index in [1.807, 2.05) is 6.07 Å². The van der Waals surface area contributed by atoms with Crippen LogP contribution in [0.25, 0.3) is 0 Å². The number of hydrogen-bond acceptors (Lipinski definition) is 5. The van der Waals surface area contributed by atoms with Gasteiger partial charge in [-0.1, -0.05) is 0 Å². The van der Waals surface area contributed by atoms with Gasteiger partial charge < -0.3 is 9.47 Å². The third-order valence-corrected chi connectivity index (χ3v) is 3.41. The average Bonchev–Trinajstić information content (AvgIpc) is 2.62. The molecule has 2 aromatic rings. The molecule has 1 N–H and O–H groups in total. The number of benzene rings is 1. The Bertz CT molecular complexity index is 625. The molecular weight excluding hydrogens is 296 g/mol. The zero-order chi connectivity index (χ0) is 15.9. The van der Waals surface area contributed by atoms with Crippen molar-refractivity contribution in [3.8, 4) is 11.5 Å². The first-order valence-corrected chi connectivity index (χ1v) is 7.57. The minimum Gasteiger partial charge on any atom is -0.456 e. The molecule has 0 spiro atoms. The second kappa shape index (κ2) is 7.71. The molecule has 0 radical (unpaired) electrons. The summed E-state index contributed by atoms with van der Waals surface area (Å²) in [5, 5.41) is 0. The summed E-state index contributed by atoms with van der Waals surface area (Å²) in [7, 11) is 0. The molecule has 1 amide bonds. The van der Waals surface area contributed by atoms with Gasteiger partial charge in [0.05, 0.1) is 6.20 Å². The van der Waals surface area contributed by atoms with Gasteiger partial charge in [0.2, 0.25) is 0 Å². The van der Waals surface area contributed by atoms with E-state index in [1.165, 1.54) is 0 Å². The Labute approximate surface area is 134 Å². The number of carbonyl (C=O) groups is 1. The first-order valence-electron chi connectivity index (χ1n) is 7.57. The number of ether oxygens (including phenoxy) is 2. The third kappa shape index (κ3) is 4.51. The van der Waals surface area contributed by atoms with E-state index in [1.54, 1.807) is 42.7 Å². The SMILES string of the molecule is O=C(NOC1CCCCO1)c1ccc(Oc2cccnc2)cc1. The van der Waals surface area contributed by atoms with Gasteiger partial charge in [0, 0.05) is 24.8 Å². The third-order valence-electron chi connectivity index (χ3n) is 3.41. The molecule has 3 rings (SSSR count). The van der Waals surface area contributed by atoms with Gasteiger partial charge in [0.25, 0.3) is 5.91 Å². The number of hydrogen-bond donors (Lipinski definition) is 1. The van der Waals surface area contributed by atoms with Crippen molar-refractivity contribution in [3.63, 3.8) is 0 Å². The molecule has 120 valence electrons. The van der Waals surface area contributed by atoms with Crippen LogP contribution in [0.15, 0.2) is 48.8 Å². The normalized spacial score (nSPS) is 17.5. The monoisotopic (exact) mass is 314 g/mol. The lowest BCUT2D eigenvalue weighted by Gasteiger charge is -2.22. The van der Waals surface area contributed by atoms with Gasteiger partial charge in [-0.3, -0.25) is 9.78 Å². The van der Waals surface area contributed by atoms with Crippen molar-refractivity contribution in [2.45, 2.75) is 25.6 Å². The van der Waals surface area contributed by atoms with E-state index < -0.39 is 0 Å². The van der Waals surface area contributed by atoms with Gasteiger partial charge in [0.15, 0.2) is 6.29 Å². The fourth-order valence-electron chi connectivity index (χ4n) is 2.20. The number of nitrogens with one attached hydrogen (secondary N) is 1. The Morgan fingerprint density at radius 3 is 2.74 bits per heavy atom. The van der Waals surface area contributed by atoms with Crippen molar-refractivity contribution in [1.82, 2.24) is 10.5 Å². The van der Waals surface area contributed by atoms with Crippen LogP contribution in [0.3, 0.4) is 0 Å². The Balaban J connectivity index is 1.52. The number of hydroxylamine groups is 1. The van der Waals surface area contributed by atoms with Crippen molar-refractivity contribution in [3.05, 3.63) is 54.4 Å². The molecule has 6 nitrogen and oxygen atoms in total. The van der Waals surface area contributed by atoms with Crippen LogP contribution >= 0.6 is 0 Å². The standard InChI is InChI=1S/C17H18N2O4/c20-17(19-23-16-5-1-2-11-21-16)13-6-8-14(9-7-13)22-15-4-3-10-18-12-15/h3-4,6-10,12,16H,1-2,5,11H2,(H,19,20). The number of carbonyl (C=O) groups excluding carboxylic acids is 1. The van der Waals surface area contributed by atoms with E-state index in [9.17, 15) is 4.79 Å². The molecule has 23 heavy (non-hydrogen) atoms. The molecule has 1 saturated heterocycles. The quantitative estimate of drug-likeness (QED) is 0.859. The van der Waals surface area contributed by atoms with Gasteiger partial charge in [-0.05, 0) is 49.2 Å². The lowest BCUT2D eigenvalue weighted by molar-refractivity contribution is -0.186. The molecule has 1 atom stereocenters. The summed E-state index contributed by atoms with van der Waals surface area (Å²) in [5.74, 6) is 0.959. The highest BCUT2D eigenvalue weighted by Gasteiger charge is 2.16. The molecule has 0 aliphatic carbocycles. The smallest absolute Gasteiger partial charge is 0.274 e. The Kier molecular flexibility index (Phi) is 5.18. The maximum absolute atomic E-state index is 12.0. The van der Waals surface area contributed by atoms with E-state index in [0.29, 0.717) is 23.7 Å². The van der Waals surface area contributed by atoms with Crippen LogP contribution in [0.2, 0.25) is 0 Å². The number of rotatable bonds is 5. The highest BCUT2D eigenvalue weighted by Crippen LogP contribution is 2.20. The maximum Gasteiger partial charge on any atom is 0.274 e. The van der Waals surface area contributed by atoms with Crippen molar-refractivity contribution in [2.24, 2.45) is 0 Å². The fourth-order valence-corrected chi connectivity index (χ4v) is 2.20. The lowest BCUT2D eigenvalue weighted by atomic mass is 10.2. The molecule has 0 bridgehead atoms. The molecule has 1 unspecified atom stereocenters. The summed E-state index contributed by atoms with van der Waals surface area (Å²) >= 11 is 0. The molecule has 1 aromatic carbocycles. The predicted molar refractivity (Wildman–Crippen MR) is 82.9 cm³/mol. The van der Waals surface area contributed by atoms with Gasteiger partial charge in [-0.25, -0.2) is 10.3 Å². The highest BCUT2D eigenvalue weighted by molar-refractivity contribution is 5.93. The zero-order valence-corrected chi connectivity index (χ0v) is 12.6. The second-order valence-corrected chi connectivity index (χ2v) is 5.16. The van der Waals surface area contributed by atoms with E-state index in [4.69, 9.17) is 14.3 Å². The Morgan fingerprint density at radius 1 is 1.17 bits per heavy atom. The largest absolute Gasteiger partial charge is 0.456 e. The topological polar surface area (TPSA) is 69.7 Å². The van der Waals surface area contributed by atoms with Gasteiger partial charge in [0.1, 0.15) is 11.5 Å². The minimum atomic E-state index is -0.360. The van der Waals surface area contributed by atoms with Crippen LogP contribution in [0.5, 0.6) is 11.5 Å². The number of pyridine rings is 1. The van der Waals surface area contributed by atoms with E-state index in [0.717, 1.165) is 19.3 Å². The first kappa shape index (κ1) is 15.5. The maximum atomic E-state index is 12.0.